The zero-order chi connectivity index (χ0) is 23.9. The van der Waals surface area contributed by atoms with E-state index in [4.69, 9.17) is 4.74 Å². The Morgan fingerprint density at radius 2 is 1.74 bits per heavy atom. The average molecular weight is 480 g/mol. The van der Waals surface area contributed by atoms with E-state index in [2.05, 4.69) is 10.2 Å². The van der Waals surface area contributed by atoms with E-state index in [1.54, 1.807) is 6.20 Å². The SMILES string of the molecule is Fc1ccc(OCC2CCN(Cc3ccn4c(CC5CC5)nnc4c3C(F)(F)F)CC2)c(F)c1. The number of rotatable bonds is 7. The second-order valence-electron chi connectivity index (χ2n) is 9.28. The van der Waals surface area contributed by atoms with Gasteiger partial charge in [0.05, 0.1) is 6.61 Å². The number of ether oxygens (including phenoxy) is 1. The van der Waals surface area contributed by atoms with Gasteiger partial charge in [-0.25, -0.2) is 8.78 Å². The van der Waals surface area contributed by atoms with Crippen molar-refractivity contribution in [2.24, 2.45) is 11.8 Å². The molecule has 0 N–H and O–H groups in total. The fraction of sp³-hybridized carbons (Fsp3) is 0.500. The fourth-order valence-corrected chi connectivity index (χ4v) is 4.55. The molecule has 3 aromatic rings. The van der Waals surface area contributed by atoms with Crippen molar-refractivity contribution in [3.63, 3.8) is 0 Å². The summed E-state index contributed by atoms with van der Waals surface area (Å²) in [6.07, 6.45) is 1.35. The van der Waals surface area contributed by atoms with E-state index in [0.29, 0.717) is 44.1 Å². The van der Waals surface area contributed by atoms with Crippen molar-refractivity contribution in [2.45, 2.75) is 44.8 Å². The van der Waals surface area contributed by atoms with Crippen molar-refractivity contribution in [1.82, 2.24) is 19.5 Å². The number of hydrogen-bond acceptors (Lipinski definition) is 4. The molecule has 2 aromatic heterocycles. The van der Waals surface area contributed by atoms with Crippen LogP contribution in [0, 0.1) is 23.5 Å². The number of piperidine rings is 1. The molecule has 0 bridgehead atoms. The molecule has 1 saturated heterocycles. The number of nitrogens with zero attached hydrogens (tertiary/aromatic N) is 4. The molecule has 1 saturated carbocycles. The first kappa shape index (κ1) is 23.0. The highest BCUT2D eigenvalue weighted by atomic mass is 19.4. The molecular weight excluding hydrogens is 455 g/mol. The number of halogens is 5. The van der Waals surface area contributed by atoms with E-state index in [9.17, 15) is 22.0 Å². The van der Waals surface area contributed by atoms with Gasteiger partial charge < -0.3 is 4.74 Å². The topological polar surface area (TPSA) is 42.7 Å². The van der Waals surface area contributed by atoms with Gasteiger partial charge in [0.2, 0.25) is 0 Å². The minimum Gasteiger partial charge on any atom is -0.490 e. The molecule has 1 aromatic carbocycles. The van der Waals surface area contributed by atoms with E-state index in [0.717, 1.165) is 25.0 Å². The summed E-state index contributed by atoms with van der Waals surface area (Å²) in [5.41, 5.74) is -0.666. The van der Waals surface area contributed by atoms with Crippen LogP contribution >= 0.6 is 0 Å². The molecule has 2 fully saturated rings. The van der Waals surface area contributed by atoms with Gasteiger partial charge in [-0.05, 0) is 74.4 Å². The van der Waals surface area contributed by atoms with Crippen LogP contribution in [0.4, 0.5) is 22.0 Å². The van der Waals surface area contributed by atoms with Crippen LogP contribution in [-0.4, -0.2) is 39.2 Å². The van der Waals surface area contributed by atoms with Crippen molar-refractivity contribution in [2.75, 3.05) is 19.7 Å². The Balaban J connectivity index is 1.24. The van der Waals surface area contributed by atoms with Gasteiger partial charge in [-0.1, -0.05) is 0 Å². The van der Waals surface area contributed by atoms with Crippen LogP contribution in [0.15, 0.2) is 30.5 Å². The molecule has 0 amide bonds. The molecule has 1 aliphatic carbocycles. The second-order valence-corrected chi connectivity index (χ2v) is 9.28. The fourth-order valence-electron chi connectivity index (χ4n) is 4.55. The number of fused-ring (bicyclic) bond motifs is 1. The number of pyridine rings is 1. The highest BCUT2D eigenvalue weighted by Gasteiger charge is 2.38. The lowest BCUT2D eigenvalue weighted by Gasteiger charge is -2.32. The molecule has 182 valence electrons. The molecule has 2 aliphatic rings. The molecule has 3 heterocycles. The number of likely N-dealkylation sites (tertiary alicyclic amines) is 1. The Morgan fingerprint density at radius 3 is 2.41 bits per heavy atom. The van der Waals surface area contributed by atoms with Crippen LogP contribution < -0.4 is 4.74 Å². The van der Waals surface area contributed by atoms with E-state index in [-0.39, 0.29) is 36.0 Å². The van der Waals surface area contributed by atoms with Gasteiger partial charge in [-0.15, -0.1) is 10.2 Å². The van der Waals surface area contributed by atoms with Gasteiger partial charge in [0, 0.05) is 25.2 Å². The van der Waals surface area contributed by atoms with Crippen molar-refractivity contribution in [3.8, 4) is 5.75 Å². The molecule has 1 aliphatic heterocycles. The lowest BCUT2D eigenvalue weighted by molar-refractivity contribution is -0.137. The smallest absolute Gasteiger partial charge is 0.420 e. The molecule has 0 atom stereocenters. The normalized spacial score (nSPS) is 18.0. The number of hydrogen-bond donors (Lipinski definition) is 0. The van der Waals surface area contributed by atoms with Crippen molar-refractivity contribution in [3.05, 3.63) is 59.0 Å². The van der Waals surface area contributed by atoms with Crippen molar-refractivity contribution in [1.29, 1.82) is 0 Å². The highest BCUT2D eigenvalue weighted by Crippen LogP contribution is 2.37. The number of aromatic nitrogens is 3. The van der Waals surface area contributed by atoms with Gasteiger partial charge in [-0.3, -0.25) is 9.30 Å². The number of alkyl halides is 3. The van der Waals surface area contributed by atoms with Crippen LogP contribution in [0.5, 0.6) is 5.75 Å². The van der Waals surface area contributed by atoms with Crippen LogP contribution in [0.3, 0.4) is 0 Å². The Hall–Kier alpha value is -2.75. The van der Waals surface area contributed by atoms with Gasteiger partial charge >= 0.3 is 6.18 Å². The van der Waals surface area contributed by atoms with Gasteiger partial charge in [-0.2, -0.15) is 13.2 Å². The molecule has 10 heteroatoms. The molecule has 0 radical (unpaired) electrons. The third-order valence-corrected chi connectivity index (χ3v) is 6.66. The summed E-state index contributed by atoms with van der Waals surface area (Å²) in [7, 11) is 0. The van der Waals surface area contributed by atoms with Crippen LogP contribution in [-0.2, 0) is 19.1 Å². The van der Waals surface area contributed by atoms with Crippen LogP contribution in [0.1, 0.15) is 42.6 Å². The minimum atomic E-state index is -4.53. The maximum Gasteiger partial charge on any atom is 0.420 e. The predicted molar refractivity (Wildman–Crippen MR) is 114 cm³/mol. The summed E-state index contributed by atoms with van der Waals surface area (Å²) < 4.78 is 75.8. The standard InChI is InChI=1S/C24H25F5N4O/c25-18-3-4-20(19(26)12-18)34-14-16-5-8-32(9-6-16)13-17-7-10-33-21(11-15-1-2-15)30-31-23(33)22(17)24(27,28)29/h3-4,7,10,12,15-16H,1-2,5-6,8-9,11,13-14H2. The Bertz CT molecular complexity index is 1170. The summed E-state index contributed by atoms with van der Waals surface area (Å²) in [5, 5.41) is 7.94. The van der Waals surface area contributed by atoms with E-state index < -0.39 is 23.4 Å². The zero-order valence-corrected chi connectivity index (χ0v) is 18.5. The summed E-state index contributed by atoms with van der Waals surface area (Å²) >= 11 is 0. The van der Waals surface area contributed by atoms with Gasteiger partial charge in [0.25, 0.3) is 0 Å². The van der Waals surface area contributed by atoms with Crippen molar-refractivity contribution >= 4 is 5.65 Å². The summed E-state index contributed by atoms with van der Waals surface area (Å²) in [6, 6.07) is 4.70. The van der Waals surface area contributed by atoms with Crippen LogP contribution in [0.25, 0.3) is 5.65 Å². The Labute approximate surface area is 193 Å². The zero-order valence-electron chi connectivity index (χ0n) is 18.5. The van der Waals surface area contributed by atoms with E-state index in [1.165, 1.54) is 16.5 Å². The third-order valence-electron chi connectivity index (χ3n) is 6.66. The van der Waals surface area contributed by atoms with Gasteiger partial charge in [0.1, 0.15) is 17.2 Å². The maximum absolute atomic E-state index is 14.0. The Morgan fingerprint density at radius 1 is 0.971 bits per heavy atom. The summed E-state index contributed by atoms with van der Waals surface area (Å²) in [6.45, 7) is 1.64. The third kappa shape index (κ3) is 5.01. The number of benzene rings is 1. The minimum absolute atomic E-state index is 0.00122. The first-order valence-corrected chi connectivity index (χ1v) is 11.5. The Kier molecular flexibility index (Phi) is 6.18. The first-order chi connectivity index (χ1) is 16.3. The maximum atomic E-state index is 14.0. The lowest BCUT2D eigenvalue weighted by Crippen LogP contribution is -2.35. The predicted octanol–water partition coefficient (Wildman–Crippen LogP) is 5.27. The molecule has 5 rings (SSSR count). The van der Waals surface area contributed by atoms with Gasteiger partial charge in [0.15, 0.2) is 17.2 Å². The summed E-state index contributed by atoms with van der Waals surface area (Å²) in [4.78, 5) is 1.98. The monoisotopic (exact) mass is 480 g/mol. The lowest BCUT2D eigenvalue weighted by atomic mass is 9.97. The largest absolute Gasteiger partial charge is 0.490 e. The van der Waals surface area contributed by atoms with Crippen LogP contribution in [0.2, 0.25) is 0 Å². The second kappa shape index (κ2) is 9.13. The highest BCUT2D eigenvalue weighted by molar-refractivity contribution is 5.53. The van der Waals surface area contributed by atoms with E-state index >= 15 is 0 Å². The first-order valence-electron chi connectivity index (χ1n) is 11.5. The molecule has 34 heavy (non-hydrogen) atoms. The molecule has 5 nitrogen and oxygen atoms in total. The van der Waals surface area contributed by atoms with E-state index in [1.807, 2.05) is 4.90 Å². The van der Waals surface area contributed by atoms with Crippen molar-refractivity contribution < 1.29 is 26.7 Å². The molecule has 0 spiro atoms. The molecule has 0 unspecified atom stereocenters. The molecular formula is C24H25F5N4O. The quantitative estimate of drug-likeness (QED) is 0.432. The average Bonchev–Trinajstić information content (AvgIpc) is 3.52. The summed E-state index contributed by atoms with van der Waals surface area (Å²) in [5.74, 6) is -0.201.